The number of nitriles is 1. The summed E-state index contributed by atoms with van der Waals surface area (Å²) in [6, 6.07) is 8.70. The van der Waals surface area contributed by atoms with Gasteiger partial charge in [-0.05, 0) is 48.9 Å². The van der Waals surface area contributed by atoms with Crippen LogP contribution >= 0.6 is 0 Å². The standard InChI is InChI=1S/C18H27N3/c1-4-18(5-2)9-10-21(14-18)17-8-7-15(13-20-6-3)11-16(17)12-19/h7-8,11,20H,4-6,9-10,13-14H2,1-3H3. The summed E-state index contributed by atoms with van der Waals surface area (Å²) in [6.07, 6.45) is 3.69. The topological polar surface area (TPSA) is 39.1 Å². The molecule has 0 radical (unpaired) electrons. The summed E-state index contributed by atoms with van der Waals surface area (Å²) in [4.78, 5) is 2.41. The molecule has 2 rings (SSSR count). The SMILES string of the molecule is CCNCc1ccc(N2CCC(CC)(CC)C2)c(C#N)c1. The highest BCUT2D eigenvalue weighted by atomic mass is 15.2. The summed E-state index contributed by atoms with van der Waals surface area (Å²) in [6.45, 7) is 10.6. The minimum atomic E-state index is 0.440. The van der Waals surface area contributed by atoms with Gasteiger partial charge in [0.15, 0.2) is 0 Å². The summed E-state index contributed by atoms with van der Waals surface area (Å²) < 4.78 is 0. The van der Waals surface area contributed by atoms with Gasteiger partial charge in [0, 0.05) is 19.6 Å². The van der Waals surface area contributed by atoms with Crippen molar-refractivity contribution in [1.82, 2.24) is 5.32 Å². The summed E-state index contributed by atoms with van der Waals surface area (Å²) in [7, 11) is 0. The van der Waals surface area contributed by atoms with Gasteiger partial charge in [0.2, 0.25) is 0 Å². The lowest BCUT2D eigenvalue weighted by molar-refractivity contribution is 0.301. The van der Waals surface area contributed by atoms with Gasteiger partial charge in [0.1, 0.15) is 6.07 Å². The highest BCUT2D eigenvalue weighted by molar-refractivity contribution is 5.61. The van der Waals surface area contributed by atoms with Crippen LogP contribution in [0, 0.1) is 16.7 Å². The Balaban J connectivity index is 2.19. The maximum atomic E-state index is 9.48. The quantitative estimate of drug-likeness (QED) is 0.866. The molecule has 1 aromatic carbocycles. The maximum Gasteiger partial charge on any atom is 0.101 e. The Morgan fingerprint density at radius 1 is 1.29 bits per heavy atom. The molecule has 0 aromatic heterocycles. The van der Waals surface area contributed by atoms with E-state index in [0.29, 0.717) is 5.41 Å². The monoisotopic (exact) mass is 285 g/mol. The molecule has 1 N–H and O–H groups in total. The van der Waals surface area contributed by atoms with Crippen molar-refractivity contribution in [1.29, 1.82) is 5.26 Å². The Hall–Kier alpha value is -1.53. The second kappa shape index (κ2) is 6.95. The van der Waals surface area contributed by atoms with Crippen LogP contribution in [0.1, 0.15) is 51.2 Å². The van der Waals surface area contributed by atoms with Crippen LogP contribution in [0.2, 0.25) is 0 Å². The molecular formula is C18H27N3. The molecule has 1 aromatic rings. The summed E-state index contributed by atoms with van der Waals surface area (Å²) in [5.74, 6) is 0. The van der Waals surface area contributed by atoms with Gasteiger partial charge in [-0.1, -0.05) is 26.8 Å². The maximum absolute atomic E-state index is 9.48. The van der Waals surface area contributed by atoms with E-state index in [-0.39, 0.29) is 0 Å². The first-order chi connectivity index (χ1) is 10.2. The van der Waals surface area contributed by atoms with E-state index < -0.39 is 0 Å². The van der Waals surface area contributed by atoms with Crippen molar-refractivity contribution in [2.75, 3.05) is 24.5 Å². The first-order valence-corrected chi connectivity index (χ1v) is 8.16. The lowest BCUT2D eigenvalue weighted by atomic mass is 9.82. The van der Waals surface area contributed by atoms with Gasteiger partial charge >= 0.3 is 0 Å². The Morgan fingerprint density at radius 2 is 2.05 bits per heavy atom. The van der Waals surface area contributed by atoms with Crippen molar-refractivity contribution < 1.29 is 0 Å². The predicted molar refractivity (Wildman–Crippen MR) is 88.4 cm³/mol. The number of nitrogens with zero attached hydrogens (tertiary/aromatic N) is 2. The van der Waals surface area contributed by atoms with Crippen LogP contribution in [-0.4, -0.2) is 19.6 Å². The Labute approximate surface area is 129 Å². The van der Waals surface area contributed by atoms with Crippen molar-refractivity contribution in [2.24, 2.45) is 5.41 Å². The van der Waals surface area contributed by atoms with Crippen LogP contribution in [0.25, 0.3) is 0 Å². The average Bonchev–Trinajstić information content (AvgIpc) is 2.97. The van der Waals surface area contributed by atoms with E-state index in [9.17, 15) is 5.26 Å². The highest BCUT2D eigenvalue weighted by Crippen LogP contribution is 2.39. The first-order valence-electron chi connectivity index (χ1n) is 8.16. The van der Waals surface area contributed by atoms with Gasteiger partial charge < -0.3 is 10.2 Å². The van der Waals surface area contributed by atoms with Gasteiger partial charge in [0.25, 0.3) is 0 Å². The third kappa shape index (κ3) is 3.39. The molecular weight excluding hydrogens is 258 g/mol. The Bertz CT molecular complexity index is 512. The molecule has 1 aliphatic heterocycles. The second-order valence-electron chi connectivity index (χ2n) is 6.12. The fraction of sp³-hybridized carbons (Fsp3) is 0.611. The lowest BCUT2D eigenvalue weighted by Crippen LogP contribution is -2.26. The molecule has 0 unspecified atom stereocenters. The molecule has 1 aliphatic rings. The summed E-state index contributed by atoms with van der Waals surface area (Å²) in [5, 5.41) is 12.8. The number of hydrogen-bond acceptors (Lipinski definition) is 3. The molecule has 0 amide bonds. The van der Waals surface area contributed by atoms with Gasteiger partial charge in [-0.15, -0.1) is 0 Å². The molecule has 0 saturated carbocycles. The van der Waals surface area contributed by atoms with Gasteiger partial charge in [-0.25, -0.2) is 0 Å². The molecule has 114 valence electrons. The van der Waals surface area contributed by atoms with E-state index in [4.69, 9.17) is 0 Å². The molecule has 1 heterocycles. The molecule has 0 bridgehead atoms. The predicted octanol–water partition coefficient (Wildman–Crippen LogP) is 3.68. The van der Waals surface area contributed by atoms with E-state index in [1.165, 1.54) is 24.8 Å². The Kier molecular flexibility index (Phi) is 5.25. The largest absolute Gasteiger partial charge is 0.370 e. The van der Waals surface area contributed by atoms with E-state index in [2.05, 4.69) is 49.2 Å². The van der Waals surface area contributed by atoms with Crippen molar-refractivity contribution in [2.45, 2.75) is 46.6 Å². The van der Waals surface area contributed by atoms with E-state index >= 15 is 0 Å². The van der Waals surface area contributed by atoms with Gasteiger partial charge in [-0.3, -0.25) is 0 Å². The summed E-state index contributed by atoms with van der Waals surface area (Å²) in [5.41, 5.74) is 3.55. The fourth-order valence-electron chi connectivity index (χ4n) is 3.30. The third-order valence-corrected chi connectivity index (χ3v) is 5.04. The third-order valence-electron chi connectivity index (χ3n) is 5.04. The molecule has 21 heavy (non-hydrogen) atoms. The zero-order chi connectivity index (χ0) is 15.3. The van der Waals surface area contributed by atoms with Crippen molar-refractivity contribution in [3.05, 3.63) is 29.3 Å². The van der Waals surface area contributed by atoms with Crippen LogP contribution < -0.4 is 10.2 Å². The Morgan fingerprint density at radius 3 is 2.62 bits per heavy atom. The van der Waals surface area contributed by atoms with Crippen molar-refractivity contribution >= 4 is 5.69 Å². The van der Waals surface area contributed by atoms with E-state index in [0.717, 1.165) is 37.4 Å². The molecule has 3 nitrogen and oxygen atoms in total. The lowest BCUT2D eigenvalue weighted by Gasteiger charge is -2.27. The minimum Gasteiger partial charge on any atom is -0.370 e. The summed E-state index contributed by atoms with van der Waals surface area (Å²) >= 11 is 0. The fourth-order valence-corrected chi connectivity index (χ4v) is 3.30. The highest BCUT2D eigenvalue weighted by Gasteiger charge is 2.35. The van der Waals surface area contributed by atoms with E-state index in [1.807, 2.05) is 6.07 Å². The number of benzene rings is 1. The number of anilines is 1. The van der Waals surface area contributed by atoms with Gasteiger partial charge in [0.05, 0.1) is 11.3 Å². The van der Waals surface area contributed by atoms with Gasteiger partial charge in [-0.2, -0.15) is 5.26 Å². The molecule has 3 heteroatoms. The minimum absolute atomic E-state index is 0.440. The normalized spacial score (nSPS) is 17.0. The smallest absolute Gasteiger partial charge is 0.101 e. The average molecular weight is 285 g/mol. The first kappa shape index (κ1) is 15.9. The zero-order valence-corrected chi connectivity index (χ0v) is 13.6. The number of hydrogen-bond donors (Lipinski definition) is 1. The van der Waals surface area contributed by atoms with Crippen LogP contribution in [0.3, 0.4) is 0 Å². The zero-order valence-electron chi connectivity index (χ0n) is 13.6. The molecule has 0 aliphatic carbocycles. The van der Waals surface area contributed by atoms with Crippen LogP contribution in [-0.2, 0) is 6.54 Å². The van der Waals surface area contributed by atoms with Crippen molar-refractivity contribution in [3.8, 4) is 6.07 Å². The van der Waals surface area contributed by atoms with Crippen molar-refractivity contribution in [3.63, 3.8) is 0 Å². The molecule has 1 saturated heterocycles. The number of nitrogens with one attached hydrogen (secondary N) is 1. The van der Waals surface area contributed by atoms with Crippen LogP contribution in [0.15, 0.2) is 18.2 Å². The molecule has 0 spiro atoms. The number of rotatable bonds is 6. The second-order valence-corrected chi connectivity index (χ2v) is 6.12. The molecule has 0 atom stereocenters. The van der Waals surface area contributed by atoms with Crippen LogP contribution in [0.4, 0.5) is 5.69 Å². The van der Waals surface area contributed by atoms with Crippen LogP contribution in [0.5, 0.6) is 0 Å². The molecule has 1 fully saturated rings. The van der Waals surface area contributed by atoms with E-state index in [1.54, 1.807) is 0 Å².